The number of nitrogens with zero attached hydrogens (tertiary/aromatic N) is 2. The molecule has 22 heavy (non-hydrogen) atoms. The monoisotopic (exact) mass is 329 g/mol. The second-order valence-corrected chi connectivity index (χ2v) is 6.99. The third-order valence-electron chi connectivity index (χ3n) is 3.43. The second-order valence-electron chi connectivity index (χ2n) is 4.93. The number of rotatable bonds is 3. The van der Waals surface area contributed by atoms with Crippen LogP contribution in [-0.4, -0.2) is 9.97 Å². The molecule has 0 saturated carbocycles. The summed E-state index contributed by atoms with van der Waals surface area (Å²) in [6, 6.07) is 10.9. The van der Waals surface area contributed by atoms with Crippen LogP contribution in [0.25, 0.3) is 20.4 Å². The SMILES string of the molecule is CCc1ccc2nc(Nc3nc4ccc(F)cc4s3)sc2c1. The lowest BCUT2D eigenvalue weighted by Gasteiger charge is -1.93. The predicted octanol–water partition coefficient (Wildman–Crippen LogP) is 5.35. The fourth-order valence-corrected chi connectivity index (χ4v) is 4.17. The summed E-state index contributed by atoms with van der Waals surface area (Å²) in [5.41, 5.74) is 3.08. The Kier molecular flexibility index (Phi) is 3.28. The van der Waals surface area contributed by atoms with Crippen LogP contribution in [0.2, 0.25) is 0 Å². The predicted molar refractivity (Wildman–Crippen MR) is 91.9 cm³/mol. The minimum Gasteiger partial charge on any atom is -0.307 e. The Labute approximate surface area is 134 Å². The van der Waals surface area contributed by atoms with Gasteiger partial charge in [-0.15, -0.1) is 0 Å². The average molecular weight is 329 g/mol. The molecule has 0 aliphatic carbocycles. The Balaban J connectivity index is 1.69. The molecule has 0 radical (unpaired) electrons. The van der Waals surface area contributed by atoms with Gasteiger partial charge in [0, 0.05) is 0 Å². The van der Waals surface area contributed by atoms with Crippen molar-refractivity contribution in [2.75, 3.05) is 5.32 Å². The number of thiazole rings is 2. The van der Waals surface area contributed by atoms with E-state index in [9.17, 15) is 4.39 Å². The van der Waals surface area contributed by atoms with Crippen LogP contribution in [0.4, 0.5) is 14.7 Å². The third kappa shape index (κ3) is 2.44. The molecule has 4 rings (SSSR count). The van der Waals surface area contributed by atoms with Gasteiger partial charge in [0.05, 0.1) is 20.4 Å². The van der Waals surface area contributed by atoms with Crippen LogP contribution in [0.5, 0.6) is 0 Å². The van der Waals surface area contributed by atoms with Crippen molar-refractivity contribution in [1.82, 2.24) is 9.97 Å². The lowest BCUT2D eigenvalue weighted by Crippen LogP contribution is -1.87. The number of anilines is 2. The molecule has 0 bridgehead atoms. The van der Waals surface area contributed by atoms with Crippen LogP contribution in [0.3, 0.4) is 0 Å². The van der Waals surface area contributed by atoms with Gasteiger partial charge >= 0.3 is 0 Å². The molecule has 2 heterocycles. The van der Waals surface area contributed by atoms with Crippen LogP contribution >= 0.6 is 22.7 Å². The first-order chi connectivity index (χ1) is 10.7. The van der Waals surface area contributed by atoms with E-state index in [4.69, 9.17) is 0 Å². The zero-order chi connectivity index (χ0) is 15.1. The van der Waals surface area contributed by atoms with Gasteiger partial charge in [0.15, 0.2) is 10.3 Å². The van der Waals surface area contributed by atoms with Crippen LogP contribution in [0, 0.1) is 5.82 Å². The van der Waals surface area contributed by atoms with Crippen molar-refractivity contribution < 1.29 is 4.39 Å². The molecule has 4 aromatic rings. The lowest BCUT2D eigenvalue weighted by atomic mass is 10.2. The topological polar surface area (TPSA) is 37.8 Å². The van der Waals surface area contributed by atoms with Gasteiger partial charge in [-0.25, -0.2) is 14.4 Å². The van der Waals surface area contributed by atoms with E-state index >= 15 is 0 Å². The quantitative estimate of drug-likeness (QED) is 0.550. The molecule has 0 amide bonds. The standard InChI is InChI=1S/C16H12FN3S2/c1-2-9-3-5-11-13(7-9)21-15(18-11)20-16-19-12-6-4-10(17)8-14(12)22-16/h3-8H,2H2,1H3,(H,18,19,20). The van der Waals surface area contributed by atoms with Gasteiger partial charge in [0.1, 0.15) is 5.82 Å². The molecule has 3 nitrogen and oxygen atoms in total. The number of fused-ring (bicyclic) bond motifs is 2. The van der Waals surface area contributed by atoms with E-state index in [-0.39, 0.29) is 5.82 Å². The van der Waals surface area contributed by atoms with E-state index in [0.717, 1.165) is 37.1 Å². The maximum atomic E-state index is 13.2. The van der Waals surface area contributed by atoms with Gasteiger partial charge in [-0.05, 0) is 42.3 Å². The minimum absolute atomic E-state index is 0.241. The number of hydrogen-bond acceptors (Lipinski definition) is 5. The van der Waals surface area contributed by atoms with Gasteiger partial charge in [-0.3, -0.25) is 0 Å². The summed E-state index contributed by atoms with van der Waals surface area (Å²) in [7, 11) is 0. The molecular weight excluding hydrogens is 317 g/mol. The fraction of sp³-hybridized carbons (Fsp3) is 0.125. The molecule has 0 aliphatic heterocycles. The van der Waals surface area contributed by atoms with Crippen molar-refractivity contribution in [3.63, 3.8) is 0 Å². The summed E-state index contributed by atoms with van der Waals surface area (Å²) in [5, 5.41) is 4.77. The first-order valence-electron chi connectivity index (χ1n) is 6.94. The number of nitrogens with one attached hydrogen (secondary N) is 1. The highest BCUT2D eigenvalue weighted by molar-refractivity contribution is 7.24. The summed E-state index contributed by atoms with van der Waals surface area (Å²) >= 11 is 3.03. The normalized spacial score (nSPS) is 11.4. The summed E-state index contributed by atoms with van der Waals surface area (Å²) in [5.74, 6) is -0.241. The largest absolute Gasteiger partial charge is 0.307 e. The van der Waals surface area contributed by atoms with Gasteiger partial charge in [-0.1, -0.05) is 35.7 Å². The van der Waals surface area contributed by atoms with E-state index in [1.807, 2.05) is 6.07 Å². The van der Waals surface area contributed by atoms with Crippen molar-refractivity contribution in [3.8, 4) is 0 Å². The number of benzene rings is 2. The van der Waals surface area contributed by atoms with Crippen LogP contribution < -0.4 is 5.32 Å². The zero-order valence-corrected chi connectivity index (χ0v) is 13.4. The summed E-state index contributed by atoms with van der Waals surface area (Å²) in [4.78, 5) is 9.03. The van der Waals surface area contributed by atoms with Crippen LogP contribution in [-0.2, 0) is 6.42 Å². The Morgan fingerprint density at radius 1 is 0.955 bits per heavy atom. The lowest BCUT2D eigenvalue weighted by molar-refractivity contribution is 0.630. The van der Waals surface area contributed by atoms with E-state index in [2.05, 4.69) is 34.3 Å². The molecule has 2 aromatic carbocycles. The van der Waals surface area contributed by atoms with Crippen LogP contribution in [0.1, 0.15) is 12.5 Å². The molecule has 0 spiro atoms. The number of aryl methyl sites for hydroxylation is 1. The second kappa shape index (κ2) is 5.30. The molecule has 0 atom stereocenters. The molecule has 0 fully saturated rings. The Morgan fingerprint density at radius 2 is 1.59 bits per heavy atom. The van der Waals surface area contributed by atoms with E-state index in [1.54, 1.807) is 17.4 Å². The molecule has 2 aromatic heterocycles. The summed E-state index contributed by atoms with van der Waals surface area (Å²) in [6.45, 7) is 2.14. The molecule has 6 heteroatoms. The highest BCUT2D eigenvalue weighted by atomic mass is 32.1. The number of hydrogen-bond donors (Lipinski definition) is 1. The maximum Gasteiger partial charge on any atom is 0.190 e. The first kappa shape index (κ1) is 13.6. The first-order valence-corrected chi connectivity index (χ1v) is 8.57. The Morgan fingerprint density at radius 3 is 2.27 bits per heavy atom. The minimum atomic E-state index is -0.241. The maximum absolute atomic E-state index is 13.2. The van der Waals surface area contributed by atoms with Crippen LogP contribution in [0.15, 0.2) is 36.4 Å². The van der Waals surface area contributed by atoms with Gasteiger partial charge in [-0.2, -0.15) is 0 Å². The molecule has 110 valence electrons. The summed E-state index contributed by atoms with van der Waals surface area (Å²) < 4.78 is 15.2. The molecule has 0 aliphatic rings. The van der Waals surface area contributed by atoms with Gasteiger partial charge in [0.2, 0.25) is 0 Å². The van der Waals surface area contributed by atoms with Crippen molar-refractivity contribution in [2.45, 2.75) is 13.3 Å². The smallest absolute Gasteiger partial charge is 0.190 e. The number of aromatic nitrogens is 2. The van der Waals surface area contributed by atoms with E-state index < -0.39 is 0 Å². The zero-order valence-electron chi connectivity index (χ0n) is 11.8. The average Bonchev–Trinajstić information content (AvgIpc) is 3.08. The van der Waals surface area contributed by atoms with Crippen molar-refractivity contribution >= 4 is 53.4 Å². The Hall–Kier alpha value is -2.05. The van der Waals surface area contributed by atoms with Gasteiger partial charge < -0.3 is 5.32 Å². The van der Waals surface area contributed by atoms with Crippen molar-refractivity contribution in [3.05, 3.63) is 47.8 Å². The number of halogens is 1. The van der Waals surface area contributed by atoms with Crippen molar-refractivity contribution in [1.29, 1.82) is 0 Å². The molecule has 1 N–H and O–H groups in total. The third-order valence-corrected chi connectivity index (χ3v) is 5.29. The highest BCUT2D eigenvalue weighted by Crippen LogP contribution is 2.32. The summed E-state index contributed by atoms with van der Waals surface area (Å²) in [6.07, 6.45) is 1.01. The van der Waals surface area contributed by atoms with E-state index in [0.29, 0.717) is 0 Å². The molecular formula is C16H12FN3S2. The van der Waals surface area contributed by atoms with Gasteiger partial charge in [0.25, 0.3) is 0 Å². The van der Waals surface area contributed by atoms with E-state index in [1.165, 1.54) is 29.0 Å². The van der Waals surface area contributed by atoms with Crippen molar-refractivity contribution in [2.24, 2.45) is 0 Å². The highest BCUT2D eigenvalue weighted by Gasteiger charge is 2.09. The molecule has 0 saturated heterocycles. The Bertz CT molecular complexity index is 974. The molecule has 0 unspecified atom stereocenters. The fourth-order valence-electron chi connectivity index (χ4n) is 2.29.